The first kappa shape index (κ1) is 70.0. The number of carbonyl (C=O) groups excluding carboxylic acids is 9. The summed E-state index contributed by atoms with van der Waals surface area (Å²) < 4.78 is 2.53. The molecule has 0 amide bonds. The van der Waals surface area contributed by atoms with Gasteiger partial charge in [-0.1, -0.05) is 0 Å². The van der Waals surface area contributed by atoms with E-state index in [0.29, 0.717) is 46.2 Å². The maximum absolute atomic E-state index is 10.1. The molecule has 0 saturated carbocycles. The molecule has 22 nitrogen and oxygen atoms in total. The summed E-state index contributed by atoms with van der Waals surface area (Å²) in [5.41, 5.74) is -2.97. The summed E-state index contributed by atoms with van der Waals surface area (Å²) in [5, 5.41) is 96.3. The van der Waals surface area contributed by atoms with Crippen LogP contribution in [0.2, 0.25) is 0 Å². The third-order valence-corrected chi connectivity index (χ3v) is 4.74. The number of nitrogens with zero attached hydrogens (tertiary/aromatic N) is 3. The normalized spacial score (nSPS) is 12.1. The largest absolute Gasteiger partial charge is 0.550 e. The Hall–Kier alpha value is -2.58. The average molecular weight is 998 g/mol. The second-order valence-electron chi connectivity index (χ2n) is 15.6. The summed E-state index contributed by atoms with van der Waals surface area (Å²) in [6.07, 6.45) is -5.98. The molecule has 0 saturated heterocycles. The van der Waals surface area contributed by atoms with Crippen LogP contribution in [0.3, 0.4) is 0 Å². The van der Waals surface area contributed by atoms with Crippen molar-refractivity contribution in [3.8, 4) is 0 Å². The number of hydrogen-bond donors (Lipinski definition) is 4. The minimum atomic E-state index is -2.97. The molecule has 0 aliphatic rings. The molecule has 326 valence electrons. The van der Waals surface area contributed by atoms with Crippen LogP contribution in [0.1, 0.15) is 52.9 Å². The number of carboxylic acids is 6. The number of rotatable bonds is 17. The van der Waals surface area contributed by atoms with Crippen molar-refractivity contribution >= 4 is 48.9 Å². The summed E-state index contributed by atoms with van der Waals surface area (Å²) in [7, 11) is 17.0. The molecule has 0 aliphatic carbocycles. The molecule has 58 heavy (non-hydrogen) atoms. The molecule has 0 aromatic carbocycles. The number of aliphatic hydroxyl groups is 4. The van der Waals surface area contributed by atoms with Gasteiger partial charge in [0.1, 0.15) is 43.5 Å². The Bertz CT molecular complexity index is 1130. The van der Waals surface area contributed by atoms with Gasteiger partial charge in [-0.3, -0.25) is 0 Å². The average Bonchev–Trinajstić information content (AvgIpc) is 2.82. The van der Waals surface area contributed by atoms with Gasteiger partial charge in [0.25, 0.3) is 0 Å². The molecular formula is C33H59N3O19Zn3. The van der Waals surface area contributed by atoms with Gasteiger partial charge in [0, 0.05) is 62.0 Å². The smallest absolute Gasteiger partial charge is 0.114 e. The maximum Gasteiger partial charge on any atom is 0.114 e. The molecule has 0 fully saturated rings. The van der Waals surface area contributed by atoms with E-state index in [4.69, 9.17) is 20.4 Å². The standard InChI is InChI=1S/3C7H15NO3.C6H8O7.3C2H3O.3Zn/c3*1-8(2,3)5-6(9)4-7(10)11;7-3(8)1-6(13,5(11)12)2-4(9)10;3*1-2-3;;;/h3*6,9H,4-5H2,1-3H3;13H,1-2H2,(H,7,8)(H,9,10)(H,11,12);3*1H3;;;/q;;;;;;;3*+1/p-3. The van der Waals surface area contributed by atoms with Gasteiger partial charge in [0.05, 0.1) is 69.4 Å². The van der Waals surface area contributed by atoms with Crippen LogP contribution in [-0.2, 0) is 98.1 Å². The molecule has 0 aromatic heterocycles. The first-order chi connectivity index (χ1) is 25.4. The van der Waals surface area contributed by atoms with Crippen molar-refractivity contribution in [1.82, 2.24) is 0 Å². The first-order valence-electron chi connectivity index (χ1n) is 16.8. The van der Waals surface area contributed by atoms with E-state index < -0.39 is 72.6 Å². The fraction of sp³-hybridized carbons (Fsp3) is 0.727. The molecule has 3 unspecified atom stereocenters. The number of hydrogen-bond acceptors (Lipinski definition) is 19. The molecule has 3 atom stereocenters. The Morgan fingerprint density at radius 3 is 0.690 bits per heavy atom. The first-order valence-corrected chi connectivity index (χ1v) is 21.2. The summed E-state index contributed by atoms with van der Waals surface area (Å²) >= 11 is 2.38. The zero-order chi connectivity index (χ0) is 48.6. The third kappa shape index (κ3) is 89.8. The van der Waals surface area contributed by atoms with E-state index in [-0.39, 0.29) is 19.3 Å². The van der Waals surface area contributed by atoms with E-state index in [1.165, 1.54) is 0 Å². The monoisotopic (exact) mass is 993 g/mol. The van der Waals surface area contributed by atoms with Gasteiger partial charge in [0.15, 0.2) is 0 Å². The summed E-state index contributed by atoms with van der Waals surface area (Å²) in [6.45, 7) is 6.02. The molecular weight excluding hydrogens is 939 g/mol. The van der Waals surface area contributed by atoms with E-state index in [0.717, 1.165) is 54.9 Å². The SMILES string of the molecule is C[C](=O)[Zn+].C[C](=O)[Zn+].C[C](=O)[Zn+].C[N+](C)(C)CC(O)CC(=O)[O-].C[N+](C)(C)CC(O)CC(=O)[O-].C[N+](C)(C)CC(O)CC(=O)[O-].O=C([O-])CC(O)(CC(=O)[O-])C(=O)[O-]. The Morgan fingerprint density at radius 1 is 0.448 bits per heavy atom. The number of carboxylic acid groups (broad SMARTS) is 6. The number of quaternary nitrogens is 3. The quantitative estimate of drug-likeness (QED) is 0.0776. The molecule has 0 aliphatic heterocycles. The summed E-state index contributed by atoms with van der Waals surface area (Å²) in [6, 6.07) is 0. The molecule has 0 heterocycles. The fourth-order valence-corrected chi connectivity index (χ4v) is 3.35. The van der Waals surface area contributed by atoms with Gasteiger partial charge in [-0.2, -0.15) is 0 Å². The van der Waals surface area contributed by atoms with E-state index in [9.17, 15) is 73.8 Å². The van der Waals surface area contributed by atoms with Gasteiger partial charge >= 0.3 is 103 Å². The van der Waals surface area contributed by atoms with Crippen LogP contribution in [0.5, 0.6) is 0 Å². The molecule has 0 aromatic rings. The maximum atomic E-state index is 10.1. The zero-order valence-electron chi connectivity index (χ0n) is 35.8. The zero-order valence-corrected chi connectivity index (χ0v) is 44.7. The van der Waals surface area contributed by atoms with E-state index in [1.807, 2.05) is 63.4 Å². The number of aliphatic carboxylic acids is 6. The van der Waals surface area contributed by atoms with Gasteiger partial charge in [-0.05, 0) is 0 Å². The third-order valence-electron chi connectivity index (χ3n) is 4.74. The Morgan fingerprint density at radius 2 is 0.603 bits per heavy atom. The number of carbonyl (C=O) groups is 9. The van der Waals surface area contributed by atoms with Gasteiger partial charge in [-0.15, -0.1) is 0 Å². The predicted molar refractivity (Wildman–Crippen MR) is 177 cm³/mol. The van der Waals surface area contributed by atoms with Crippen LogP contribution < -0.4 is 30.6 Å². The minimum absolute atomic E-state index is 0.282. The van der Waals surface area contributed by atoms with E-state index >= 15 is 0 Å². The molecule has 0 bridgehead atoms. The van der Waals surface area contributed by atoms with Gasteiger partial charge < -0.3 is 93.3 Å². The molecule has 0 rings (SSSR count). The Balaban J connectivity index is -0.000000109. The minimum Gasteiger partial charge on any atom is -0.550 e. The van der Waals surface area contributed by atoms with Gasteiger partial charge in [-0.25, -0.2) is 0 Å². The molecule has 0 spiro atoms. The second kappa shape index (κ2) is 36.3. The predicted octanol–water partition coefficient (Wildman–Crippen LogP) is -10.4. The van der Waals surface area contributed by atoms with Crippen LogP contribution in [-0.4, -0.2) is 190 Å². The molecule has 25 heteroatoms. The van der Waals surface area contributed by atoms with Crippen molar-refractivity contribution in [3.05, 3.63) is 0 Å². The fourth-order valence-electron chi connectivity index (χ4n) is 3.35. The van der Waals surface area contributed by atoms with Crippen molar-refractivity contribution in [2.45, 2.75) is 76.8 Å². The van der Waals surface area contributed by atoms with Crippen LogP contribution in [0.25, 0.3) is 0 Å². The molecule has 4 N–H and O–H groups in total. The summed E-state index contributed by atoms with van der Waals surface area (Å²) in [4.78, 5) is 88.6. The summed E-state index contributed by atoms with van der Waals surface area (Å²) in [5.74, 6) is -9.59. The van der Waals surface area contributed by atoms with Crippen molar-refractivity contribution < 1.29 is 163 Å². The number of likely N-dealkylation sites (N-methyl/N-ethyl adjacent to an activating group) is 3. The van der Waals surface area contributed by atoms with E-state index in [1.54, 1.807) is 20.8 Å². The van der Waals surface area contributed by atoms with Crippen molar-refractivity contribution in [3.63, 3.8) is 0 Å². The van der Waals surface area contributed by atoms with Crippen LogP contribution >= 0.6 is 0 Å². The van der Waals surface area contributed by atoms with E-state index in [2.05, 4.69) is 0 Å². The second-order valence-corrected chi connectivity index (χ2v) is 21.9. The topological polar surface area (TPSA) is 373 Å². The van der Waals surface area contributed by atoms with Crippen molar-refractivity contribution in [2.75, 3.05) is 83.1 Å². The van der Waals surface area contributed by atoms with Crippen LogP contribution in [0.15, 0.2) is 0 Å². The van der Waals surface area contributed by atoms with Crippen LogP contribution in [0.4, 0.5) is 0 Å². The van der Waals surface area contributed by atoms with Crippen molar-refractivity contribution in [1.29, 1.82) is 0 Å². The van der Waals surface area contributed by atoms with Gasteiger partial charge in [0.2, 0.25) is 0 Å². The van der Waals surface area contributed by atoms with Crippen molar-refractivity contribution in [2.24, 2.45) is 0 Å². The number of aliphatic hydroxyl groups excluding tert-OH is 3. The molecule has 0 radical (unpaired) electrons. The Labute approximate surface area is 369 Å². The van der Waals surface area contributed by atoms with Crippen LogP contribution in [0, 0.1) is 0 Å². The Kier molecular flexibility index (Phi) is 43.8.